The highest BCUT2D eigenvalue weighted by atomic mass is 35.5. The number of benzene rings is 1. The molecule has 0 aromatic heterocycles. The van der Waals surface area contributed by atoms with E-state index in [0.717, 1.165) is 5.06 Å². The Labute approximate surface area is 98.0 Å². The summed E-state index contributed by atoms with van der Waals surface area (Å²) in [5, 5.41) is 1.27. The first-order valence-electron chi connectivity index (χ1n) is 4.50. The lowest BCUT2D eigenvalue weighted by Gasteiger charge is -2.10. The molecule has 0 saturated heterocycles. The second-order valence-corrected chi connectivity index (χ2v) is 3.39. The molecule has 0 bridgehead atoms. The molecule has 16 heavy (non-hydrogen) atoms. The third kappa shape index (κ3) is 3.05. The number of nitrogens with zero attached hydrogens (tertiary/aromatic N) is 1. The highest BCUT2D eigenvalue weighted by molar-refractivity contribution is 6.32. The molecule has 0 aliphatic heterocycles. The van der Waals surface area contributed by atoms with E-state index in [-0.39, 0.29) is 10.6 Å². The predicted molar refractivity (Wildman–Crippen MR) is 60.2 cm³/mol. The first-order chi connectivity index (χ1) is 7.56. The molecule has 1 amide bonds. The fourth-order valence-electron chi connectivity index (χ4n) is 1.02. The van der Waals surface area contributed by atoms with Crippen molar-refractivity contribution in [2.75, 3.05) is 14.2 Å². The number of carbonyl (C=O) groups is 1. The second kappa shape index (κ2) is 5.63. The summed E-state index contributed by atoms with van der Waals surface area (Å²) < 4.78 is 13.3. The van der Waals surface area contributed by atoms with Crippen molar-refractivity contribution in [1.29, 1.82) is 0 Å². The zero-order chi connectivity index (χ0) is 12.1. The molecule has 0 fully saturated rings. The van der Waals surface area contributed by atoms with Gasteiger partial charge in [-0.05, 0) is 18.2 Å². The van der Waals surface area contributed by atoms with E-state index in [0.29, 0.717) is 0 Å². The number of likely N-dealkylation sites (N-methyl/N-ethyl adjacent to an activating group) is 1. The van der Waals surface area contributed by atoms with E-state index in [4.69, 9.17) is 11.6 Å². The van der Waals surface area contributed by atoms with Crippen LogP contribution in [0.15, 0.2) is 24.3 Å². The van der Waals surface area contributed by atoms with Gasteiger partial charge in [0.2, 0.25) is 0 Å². The van der Waals surface area contributed by atoms with Gasteiger partial charge in [-0.3, -0.25) is 9.63 Å². The maximum atomic E-state index is 13.3. The summed E-state index contributed by atoms with van der Waals surface area (Å²) in [6, 6.07) is 4.32. The summed E-state index contributed by atoms with van der Waals surface area (Å²) in [7, 11) is 2.82. The molecule has 1 aromatic carbocycles. The Morgan fingerprint density at radius 2 is 2.25 bits per heavy atom. The van der Waals surface area contributed by atoms with Gasteiger partial charge in [-0.2, -0.15) is 0 Å². The summed E-state index contributed by atoms with van der Waals surface area (Å²) >= 11 is 5.78. The Balaban J connectivity index is 2.88. The van der Waals surface area contributed by atoms with E-state index in [1.165, 1.54) is 38.4 Å². The second-order valence-electron chi connectivity index (χ2n) is 2.99. The van der Waals surface area contributed by atoms with Crippen LogP contribution >= 0.6 is 11.6 Å². The third-order valence-electron chi connectivity index (χ3n) is 1.98. The van der Waals surface area contributed by atoms with Crippen LogP contribution < -0.4 is 0 Å². The number of hydroxylamine groups is 2. The summed E-state index contributed by atoms with van der Waals surface area (Å²) in [5.41, 5.74) is 0.182. The number of rotatable bonds is 3. The quantitative estimate of drug-likeness (QED) is 0.603. The number of hydrogen-bond acceptors (Lipinski definition) is 2. The van der Waals surface area contributed by atoms with Crippen LogP contribution in [0.3, 0.4) is 0 Å². The van der Waals surface area contributed by atoms with Gasteiger partial charge in [0.15, 0.2) is 0 Å². The zero-order valence-electron chi connectivity index (χ0n) is 8.91. The Morgan fingerprint density at radius 3 is 2.81 bits per heavy atom. The SMILES string of the molecule is CON(C)C(=O)/C=C/c1c(F)cccc1Cl. The third-order valence-corrected chi connectivity index (χ3v) is 2.31. The largest absolute Gasteiger partial charge is 0.274 e. The maximum absolute atomic E-state index is 13.3. The minimum atomic E-state index is -0.475. The van der Waals surface area contributed by atoms with E-state index < -0.39 is 11.7 Å². The van der Waals surface area contributed by atoms with Gasteiger partial charge in [-0.15, -0.1) is 0 Å². The van der Waals surface area contributed by atoms with Crippen LogP contribution in [0.2, 0.25) is 5.02 Å². The van der Waals surface area contributed by atoms with Gasteiger partial charge >= 0.3 is 0 Å². The molecule has 0 aliphatic rings. The molecule has 3 nitrogen and oxygen atoms in total. The van der Waals surface area contributed by atoms with Crippen LogP contribution in [-0.4, -0.2) is 25.1 Å². The molecule has 0 aliphatic carbocycles. The molecule has 86 valence electrons. The van der Waals surface area contributed by atoms with E-state index in [9.17, 15) is 9.18 Å². The molecule has 0 heterocycles. The highest BCUT2D eigenvalue weighted by Crippen LogP contribution is 2.20. The lowest BCUT2D eigenvalue weighted by Crippen LogP contribution is -2.22. The molecule has 0 unspecified atom stereocenters. The number of amides is 1. The van der Waals surface area contributed by atoms with Crippen molar-refractivity contribution in [3.63, 3.8) is 0 Å². The van der Waals surface area contributed by atoms with Gasteiger partial charge in [0, 0.05) is 18.7 Å². The summed E-state index contributed by atoms with van der Waals surface area (Å²) in [5.74, 6) is -0.876. The summed E-state index contributed by atoms with van der Waals surface area (Å²) in [4.78, 5) is 16.0. The zero-order valence-corrected chi connectivity index (χ0v) is 9.66. The number of hydrogen-bond donors (Lipinski definition) is 0. The fraction of sp³-hybridized carbons (Fsp3) is 0.182. The van der Waals surface area contributed by atoms with Crippen molar-refractivity contribution in [2.45, 2.75) is 0 Å². The number of halogens is 2. The van der Waals surface area contributed by atoms with Gasteiger partial charge in [-0.1, -0.05) is 17.7 Å². The van der Waals surface area contributed by atoms with Crippen molar-refractivity contribution in [2.24, 2.45) is 0 Å². The normalized spacial score (nSPS) is 10.8. The maximum Gasteiger partial charge on any atom is 0.269 e. The molecule has 0 N–H and O–H groups in total. The Hall–Kier alpha value is -1.39. The molecule has 1 aromatic rings. The minimum Gasteiger partial charge on any atom is -0.274 e. The number of carbonyl (C=O) groups excluding carboxylic acids is 1. The van der Waals surface area contributed by atoms with Crippen molar-refractivity contribution in [1.82, 2.24) is 5.06 Å². The van der Waals surface area contributed by atoms with E-state index in [2.05, 4.69) is 4.84 Å². The average molecular weight is 244 g/mol. The topological polar surface area (TPSA) is 29.5 Å². The highest BCUT2D eigenvalue weighted by Gasteiger charge is 2.06. The molecule has 0 saturated carbocycles. The lowest BCUT2D eigenvalue weighted by atomic mass is 10.2. The first kappa shape index (κ1) is 12.7. The molecule has 5 heteroatoms. The van der Waals surface area contributed by atoms with Crippen LogP contribution in [-0.2, 0) is 9.63 Å². The van der Waals surface area contributed by atoms with E-state index in [1.54, 1.807) is 6.07 Å². The van der Waals surface area contributed by atoms with Crippen molar-refractivity contribution >= 4 is 23.6 Å². The van der Waals surface area contributed by atoms with Crippen LogP contribution in [0.25, 0.3) is 6.08 Å². The molecule has 0 radical (unpaired) electrons. The molecule has 1 rings (SSSR count). The van der Waals surface area contributed by atoms with Crippen LogP contribution in [0.4, 0.5) is 4.39 Å². The van der Waals surface area contributed by atoms with E-state index in [1.807, 2.05) is 0 Å². The first-order valence-corrected chi connectivity index (χ1v) is 4.88. The van der Waals surface area contributed by atoms with Gasteiger partial charge in [0.1, 0.15) is 5.82 Å². The standard InChI is InChI=1S/C11H11ClFNO2/c1-14(16-2)11(15)7-6-8-9(12)4-3-5-10(8)13/h3-7H,1-2H3/b7-6+. The minimum absolute atomic E-state index is 0.182. The molecular formula is C11H11ClFNO2. The smallest absolute Gasteiger partial charge is 0.269 e. The summed E-state index contributed by atoms with van der Waals surface area (Å²) in [6.45, 7) is 0. The van der Waals surface area contributed by atoms with E-state index >= 15 is 0 Å². The van der Waals surface area contributed by atoms with Crippen molar-refractivity contribution in [3.05, 3.63) is 40.7 Å². The van der Waals surface area contributed by atoms with Gasteiger partial charge in [-0.25, -0.2) is 9.45 Å². The molecular weight excluding hydrogens is 233 g/mol. The van der Waals surface area contributed by atoms with Crippen molar-refractivity contribution < 1.29 is 14.0 Å². The predicted octanol–water partition coefficient (Wildman–Crippen LogP) is 2.51. The Bertz CT molecular complexity index is 400. The monoisotopic (exact) mass is 243 g/mol. The van der Waals surface area contributed by atoms with Crippen LogP contribution in [0.5, 0.6) is 0 Å². The van der Waals surface area contributed by atoms with Crippen molar-refractivity contribution in [3.8, 4) is 0 Å². The molecule has 0 spiro atoms. The molecule has 0 atom stereocenters. The Kier molecular flexibility index (Phi) is 4.46. The van der Waals surface area contributed by atoms with Gasteiger partial charge in [0.05, 0.1) is 12.1 Å². The fourth-order valence-corrected chi connectivity index (χ4v) is 1.25. The lowest BCUT2D eigenvalue weighted by molar-refractivity contribution is -0.162. The summed E-state index contributed by atoms with van der Waals surface area (Å²) in [6.07, 6.45) is 2.50. The Morgan fingerprint density at radius 1 is 1.56 bits per heavy atom. The van der Waals surface area contributed by atoms with Crippen LogP contribution in [0, 0.1) is 5.82 Å². The van der Waals surface area contributed by atoms with Gasteiger partial charge < -0.3 is 0 Å². The average Bonchev–Trinajstić information content (AvgIpc) is 2.27. The van der Waals surface area contributed by atoms with Gasteiger partial charge in [0.25, 0.3) is 5.91 Å². The van der Waals surface area contributed by atoms with Crippen LogP contribution in [0.1, 0.15) is 5.56 Å².